The van der Waals surface area contributed by atoms with Crippen LogP contribution in [0.4, 0.5) is 0 Å². The van der Waals surface area contributed by atoms with Gasteiger partial charge in [0.15, 0.2) is 0 Å². The van der Waals surface area contributed by atoms with Crippen molar-refractivity contribution in [1.82, 2.24) is 9.88 Å². The number of pyridine rings is 1. The quantitative estimate of drug-likeness (QED) is 0.766. The first kappa shape index (κ1) is 13.1. The Bertz CT molecular complexity index is 274. The maximum atomic E-state index is 5.99. The van der Waals surface area contributed by atoms with Gasteiger partial charge in [-0.1, -0.05) is 19.4 Å². The van der Waals surface area contributed by atoms with Gasteiger partial charge in [0, 0.05) is 25.0 Å². The Morgan fingerprint density at radius 3 is 2.88 bits per heavy atom. The molecule has 1 rings (SSSR count). The van der Waals surface area contributed by atoms with E-state index in [4.69, 9.17) is 5.73 Å². The first-order valence-electron chi connectivity index (χ1n) is 6.05. The minimum Gasteiger partial charge on any atom is -0.328 e. The zero-order valence-electron chi connectivity index (χ0n) is 10.4. The summed E-state index contributed by atoms with van der Waals surface area (Å²) >= 11 is 0. The van der Waals surface area contributed by atoms with Gasteiger partial charge >= 0.3 is 0 Å². The number of hydrogen-bond acceptors (Lipinski definition) is 3. The van der Waals surface area contributed by atoms with Crippen molar-refractivity contribution in [2.24, 2.45) is 5.73 Å². The molecule has 1 heterocycles. The maximum Gasteiger partial charge on any atom is 0.0312 e. The highest BCUT2D eigenvalue weighted by Gasteiger charge is 2.04. The topological polar surface area (TPSA) is 42.1 Å². The van der Waals surface area contributed by atoms with Crippen LogP contribution in [-0.2, 0) is 6.54 Å². The molecule has 90 valence electrons. The normalized spacial score (nSPS) is 13.0. The molecule has 0 aliphatic rings. The van der Waals surface area contributed by atoms with E-state index in [1.165, 1.54) is 12.0 Å². The van der Waals surface area contributed by atoms with Crippen molar-refractivity contribution in [2.75, 3.05) is 13.6 Å². The minimum absolute atomic E-state index is 0.348. The molecule has 1 unspecified atom stereocenters. The van der Waals surface area contributed by atoms with E-state index < -0.39 is 0 Å². The van der Waals surface area contributed by atoms with Crippen molar-refractivity contribution in [1.29, 1.82) is 0 Å². The molecular formula is C13H23N3. The Balaban J connectivity index is 2.23. The van der Waals surface area contributed by atoms with Crippen LogP contribution < -0.4 is 5.73 Å². The summed E-state index contributed by atoms with van der Waals surface area (Å²) < 4.78 is 0. The predicted molar refractivity (Wildman–Crippen MR) is 68.1 cm³/mol. The first-order chi connectivity index (χ1) is 7.72. The molecule has 2 N–H and O–H groups in total. The molecule has 0 bridgehead atoms. The number of nitrogens with zero attached hydrogens (tertiary/aromatic N) is 2. The molecule has 16 heavy (non-hydrogen) atoms. The molecule has 0 aromatic carbocycles. The van der Waals surface area contributed by atoms with Crippen LogP contribution in [0.3, 0.4) is 0 Å². The van der Waals surface area contributed by atoms with Crippen LogP contribution >= 0.6 is 0 Å². The molecule has 0 saturated heterocycles. The van der Waals surface area contributed by atoms with Gasteiger partial charge in [-0.3, -0.25) is 4.98 Å². The fraction of sp³-hybridized carbons (Fsp3) is 0.615. The highest BCUT2D eigenvalue weighted by Crippen LogP contribution is 2.04. The Morgan fingerprint density at radius 1 is 1.44 bits per heavy atom. The second kappa shape index (κ2) is 7.36. The molecule has 1 aromatic heterocycles. The molecule has 0 fully saturated rings. The second-order valence-electron chi connectivity index (χ2n) is 4.44. The summed E-state index contributed by atoms with van der Waals surface area (Å²) in [5.74, 6) is 0. The minimum atomic E-state index is 0.348. The zero-order valence-corrected chi connectivity index (χ0v) is 10.4. The lowest BCUT2D eigenvalue weighted by Crippen LogP contribution is -2.27. The Hall–Kier alpha value is -0.930. The van der Waals surface area contributed by atoms with E-state index in [1.54, 1.807) is 6.20 Å². The molecule has 1 atom stereocenters. The van der Waals surface area contributed by atoms with E-state index in [9.17, 15) is 0 Å². The monoisotopic (exact) mass is 221 g/mol. The molecule has 3 nitrogen and oxygen atoms in total. The molecule has 0 spiro atoms. The van der Waals surface area contributed by atoms with E-state index in [2.05, 4.69) is 29.9 Å². The summed E-state index contributed by atoms with van der Waals surface area (Å²) in [4.78, 5) is 6.41. The van der Waals surface area contributed by atoms with Gasteiger partial charge in [0.05, 0.1) is 0 Å². The van der Waals surface area contributed by atoms with Gasteiger partial charge in [0.25, 0.3) is 0 Å². The molecule has 0 saturated carbocycles. The van der Waals surface area contributed by atoms with Crippen molar-refractivity contribution in [2.45, 2.75) is 38.8 Å². The van der Waals surface area contributed by atoms with E-state index in [0.717, 1.165) is 25.9 Å². The van der Waals surface area contributed by atoms with E-state index in [-0.39, 0.29) is 0 Å². The third kappa shape index (κ3) is 5.24. The van der Waals surface area contributed by atoms with Crippen molar-refractivity contribution in [3.05, 3.63) is 30.1 Å². The predicted octanol–water partition coefficient (Wildman–Crippen LogP) is 2.03. The fourth-order valence-corrected chi connectivity index (χ4v) is 1.78. The van der Waals surface area contributed by atoms with Crippen LogP contribution in [0.25, 0.3) is 0 Å². The van der Waals surface area contributed by atoms with Crippen LogP contribution in [0.1, 0.15) is 31.7 Å². The van der Waals surface area contributed by atoms with Crippen molar-refractivity contribution in [3.63, 3.8) is 0 Å². The van der Waals surface area contributed by atoms with Crippen molar-refractivity contribution < 1.29 is 0 Å². The molecule has 0 aliphatic carbocycles. The third-order valence-corrected chi connectivity index (χ3v) is 2.72. The summed E-state index contributed by atoms with van der Waals surface area (Å²) in [5.41, 5.74) is 7.25. The van der Waals surface area contributed by atoms with Crippen LogP contribution in [0.5, 0.6) is 0 Å². The average molecular weight is 221 g/mol. The summed E-state index contributed by atoms with van der Waals surface area (Å²) in [6, 6.07) is 4.43. The summed E-state index contributed by atoms with van der Waals surface area (Å²) in [5, 5.41) is 0. The fourth-order valence-electron chi connectivity index (χ4n) is 1.78. The van der Waals surface area contributed by atoms with Gasteiger partial charge in [0.2, 0.25) is 0 Å². The molecule has 1 aromatic rings. The van der Waals surface area contributed by atoms with Gasteiger partial charge in [0.1, 0.15) is 0 Å². The highest BCUT2D eigenvalue weighted by molar-refractivity contribution is 5.07. The Labute approximate surface area is 98.7 Å². The largest absolute Gasteiger partial charge is 0.328 e. The van der Waals surface area contributed by atoms with Gasteiger partial charge < -0.3 is 10.6 Å². The summed E-state index contributed by atoms with van der Waals surface area (Å²) in [6.07, 6.45) is 7.10. The van der Waals surface area contributed by atoms with Crippen LogP contribution in [0.2, 0.25) is 0 Å². The lowest BCUT2D eigenvalue weighted by molar-refractivity contribution is 0.307. The maximum absolute atomic E-state index is 5.99. The number of aromatic nitrogens is 1. The standard InChI is InChI=1S/C13H23N3/c1-3-5-13(14)7-9-16(2)11-12-6-4-8-15-10-12/h4,6,8,10,13H,3,5,7,9,11,14H2,1-2H3. The lowest BCUT2D eigenvalue weighted by Gasteiger charge is -2.18. The molecule has 0 amide bonds. The molecular weight excluding hydrogens is 198 g/mol. The molecule has 3 heteroatoms. The van der Waals surface area contributed by atoms with E-state index in [1.807, 2.05) is 12.3 Å². The Morgan fingerprint density at radius 2 is 2.25 bits per heavy atom. The SMILES string of the molecule is CCCC(N)CCN(C)Cc1cccnc1. The van der Waals surface area contributed by atoms with Gasteiger partial charge in [-0.2, -0.15) is 0 Å². The smallest absolute Gasteiger partial charge is 0.0312 e. The van der Waals surface area contributed by atoms with Crippen LogP contribution in [-0.4, -0.2) is 29.5 Å². The van der Waals surface area contributed by atoms with E-state index in [0.29, 0.717) is 6.04 Å². The van der Waals surface area contributed by atoms with Crippen molar-refractivity contribution >= 4 is 0 Å². The summed E-state index contributed by atoms with van der Waals surface area (Å²) in [7, 11) is 2.13. The molecule has 0 radical (unpaired) electrons. The summed E-state index contributed by atoms with van der Waals surface area (Å²) in [6.45, 7) is 4.18. The number of hydrogen-bond donors (Lipinski definition) is 1. The van der Waals surface area contributed by atoms with Gasteiger partial charge in [-0.25, -0.2) is 0 Å². The average Bonchev–Trinajstić information content (AvgIpc) is 2.28. The van der Waals surface area contributed by atoms with Gasteiger partial charge in [-0.05, 0) is 38.1 Å². The number of rotatable bonds is 7. The Kier molecular flexibility index (Phi) is 6.04. The first-order valence-corrected chi connectivity index (χ1v) is 6.05. The highest BCUT2D eigenvalue weighted by atomic mass is 15.1. The van der Waals surface area contributed by atoms with Crippen molar-refractivity contribution in [3.8, 4) is 0 Å². The second-order valence-corrected chi connectivity index (χ2v) is 4.44. The van der Waals surface area contributed by atoms with Crippen LogP contribution in [0.15, 0.2) is 24.5 Å². The molecule has 0 aliphatic heterocycles. The number of nitrogens with two attached hydrogens (primary N) is 1. The van der Waals surface area contributed by atoms with Crippen LogP contribution in [0, 0.1) is 0 Å². The zero-order chi connectivity index (χ0) is 11.8. The van der Waals surface area contributed by atoms with E-state index >= 15 is 0 Å². The van der Waals surface area contributed by atoms with Gasteiger partial charge in [-0.15, -0.1) is 0 Å². The lowest BCUT2D eigenvalue weighted by atomic mass is 10.1. The third-order valence-electron chi connectivity index (χ3n) is 2.72.